The van der Waals surface area contributed by atoms with E-state index in [1.54, 1.807) is 0 Å². The van der Waals surface area contributed by atoms with Crippen LogP contribution in [0.3, 0.4) is 0 Å². The third kappa shape index (κ3) is 3.34. The number of ether oxygens (including phenoxy) is 1. The molecule has 2 aromatic carbocycles. The third-order valence-electron chi connectivity index (χ3n) is 3.79. The molecule has 5 nitrogen and oxygen atoms in total. The zero-order chi connectivity index (χ0) is 17.2. The number of nitrogens with zero attached hydrogens (tertiary/aromatic N) is 2. The van der Waals surface area contributed by atoms with Crippen LogP contribution in [0.15, 0.2) is 65.7 Å². The van der Waals surface area contributed by atoms with E-state index in [9.17, 15) is 4.79 Å². The summed E-state index contributed by atoms with van der Waals surface area (Å²) in [6.07, 6.45) is 0. The lowest BCUT2D eigenvalue weighted by atomic mass is 10.2. The smallest absolute Gasteiger partial charge is 0.329 e. The predicted molar refractivity (Wildman–Crippen MR) is 98.7 cm³/mol. The molecule has 0 radical (unpaired) electrons. The second-order valence-corrected chi connectivity index (χ2v) is 6.57. The Kier molecular flexibility index (Phi) is 4.11. The number of aromatic nitrogens is 1. The highest BCUT2D eigenvalue weighted by atomic mass is 32.2. The molecule has 0 aliphatic carbocycles. The molecule has 4 rings (SSSR count). The first-order chi connectivity index (χ1) is 12.2. The van der Waals surface area contributed by atoms with Crippen molar-refractivity contribution in [2.45, 2.75) is 6.04 Å². The summed E-state index contributed by atoms with van der Waals surface area (Å²) in [5.41, 5.74) is 1.53. The number of carboxylic acids is 1. The van der Waals surface area contributed by atoms with E-state index < -0.39 is 12.0 Å². The summed E-state index contributed by atoms with van der Waals surface area (Å²) >= 11 is 1.43. The molecule has 1 atom stereocenters. The molecular formula is C19H14N2O3S. The van der Waals surface area contributed by atoms with Gasteiger partial charge in [-0.15, -0.1) is 11.8 Å². The number of para-hydroxylation sites is 1. The van der Waals surface area contributed by atoms with Crippen LogP contribution in [0.2, 0.25) is 0 Å². The van der Waals surface area contributed by atoms with E-state index in [4.69, 9.17) is 9.84 Å². The van der Waals surface area contributed by atoms with Crippen LogP contribution in [-0.2, 0) is 4.79 Å². The largest absolute Gasteiger partial charge is 0.480 e. The van der Waals surface area contributed by atoms with E-state index in [2.05, 4.69) is 9.98 Å². The van der Waals surface area contributed by atoms with Gasteiger partial charge in [-0.3, -0.25) is 4.99 Å². The van der Waals surface area contributed by atoms with Gasteiger partial charge in [-0.25, -0.2) is 9.78 Å². The lowest BCUT2D eigenvalue weighted by Crippen LogP contribution is -2.17. The second kappa shape index (κ2) is 6.57. The highest BCUT2D eigenvalue weighted by molar-refractivity contribution is 8.14. The number of hydrogen-bond donors (Lipinski definition) is 1. The summed E-state index contributed by atoms with van der Waals surface area (Å²) in [4.78, 5) is 19.9. The van der Waals surface area contributed by atoms with Crippen molar-refractivity contribution >= 4 is 33.7 Å². The van der Waals surface area contributed by atoms with Gasteiger partial charge in [0.2, 0.25) is 0 Å². The average Bonchev–Trinajstić information content (AvgIpc) is 3.13. The number of thioether (sulfide) groups is 1. The Morgan fingerprint density at radius 3 is 2.68 bits per heavy atom. The number of hydrogen-bond acceptors (Lipinski definition) is 5. The predicted octanol–water partition coefficient (Wildman–Crippen LogP) is 3.97. The van der Waals surface area contributed by atoms with Crippen molar-refractivity contribution < 1.29 is 14.6 Å². The summed E-state index contributed by atoms with van der Waals surface area (Å²) in [7, 11) is 0. The van der Waals surface area contributed by atoms with Crippen molar-refractivity contribution in [1.29, 1.82) is 0 Å². The molecule has 6 heteroatoms. The first-order valence-corrected chi connectivity index (χ1v) is 8.75. The fraction of sp³-hybridized carbons (Fsp3) is 0.105. The van der Waals surface area contributed by atoms with E-state index in [0.717, 1.165) is 22.4 Å². The number of rotatable bonds is 4. The number of fused-ring (bicyclic) bond motifs is 1. The van der Waals surface area contributed by atoms with Crippen molar-refractivity contribution in [1.82, 2.24) is 4.98 Å². The molecule has 0 saturated carbocycles. The number of benzene rings is 2. The van der Waals surface area contributed by atoms with Crippen LogP contribution >= 0.6 is 11.8 Å². The van der Waals surface area contributed by atoms with E-state index in [-0.39, 0.29) is 0 Å². The number of pyridine rings is 1. The maximum atomic E-state index is 11.0. The molecule has 0 bridgehead atoms. The molecule has 0 spiro atoms. The quantitative estimate of drug-likeness (QED) is 0.771. The van der Waals surface area contributed by atoms with Gasteiger partial charge in [0.05, 0.1) is 11.2 Å². The van der Waals surface area contributed by atoms with Crippen molar-refractivity contribution in [2.24, 2.45) is 4.99 Å². The maximum Gasteiger partial charge on any atom is 0.329 e. The fourth-order valence-electron chi connectivity index (χ4n) is 2.55. The highest BCUT2D eigenvalue weighted by Gasteiger charge is 2.25. The molecule has 25 heavy (non-hydrogen) atoms. The monoisotopic (exact) mass is 350 g/mol. The normalized spacial score (nSPS) is 16.6. The van der Waals surface area contributed by atoms with Crippen molar-refractivity contribution in [3.05, 3.63) is 66.4 Å². The molecular weight excluding hydrogens is 336 g/mol. The molecule has 0 saturated heterocycles. The minimum absolute atomic E-state index is 0.453. The minimum Gasteiger partial charge on any atom is -0.480 e. The standard InChI is InChI=1S/C19H14N2O3S/c22-19(23)17-11-25-18(21-17)16-8-6-12-10-14(7-9-15(12)20-16)24-13-4-2-1-3-5-13/h1-10,17H,11H2,(H,22,23)/t17-/m1/s1. The van der Waals surface area contributed by atoms with Crippen LogP contribution < -0.4 is 4.74 Å². The Hall–Kier alpha value is -2.86. The molecule has 3 aromatic rings. The third-order valence-corrected chi connectivity index (χ3v) is 4.87. The van der Waals surface area contributed by atoms with Crippen LogP contribution in [0.25, 0.3) is 10.9 Å². The first kappa shape index (κ1) is 15.7. The van der Waals surface area contributed by atoms with Crippen molar-refractivity contribution in [2.75, 3.05) is 5.75 Å². The first-order valence-electron chi connectivity index (χ1n) is 7.76. The lowest BCUT2D eigenvalue weighted by molar-refractivity contribution is -0.137. The maximum absolute atomic E-state index is 11.0. The molecule has 0 fully saturated rings. The van der Waals surface area contributed by atoms with Gasteiger partial charge in [-0.1, -0.05) is 24.3 Å². The molecule has 0 amide bonds. The topological polar surface area (TPSA) is 71.8 Å². The molecule has 124 valence electrons. The molecule has 1 aliphatic heterocycles. The van der Waals surface area contributed by atoms with Gasteiger partial charge in [0.25, 0.3) is 0 Å². The van der Waals surface area contributed by atoms with Crippen LogP contribution in [0.5, 0.6) is 11.5 Å². The van der Waals surface area contributed by atoms with Crippen molar-refractivity contribution in [3.8, 4) is 11.5 Å². The van der Waals surface area contributed by atoms with Crippen LogP contribution in [0, 0.1) is 0 Å². The number of aliphatic imine (C=N–C) groups is 1. The summed E-state index contributed by atoms with van der Waals surface area (Å²) < 4.78 is 5.84. The highest BCUT2D eigenvalue weighted by Crippen LogP contribution is 2.27. The molecule has 0 unspecified atom stereocenters. The molecule has 1 N–H and O–H groups in total. The van der Waals surface area contributed by atoms with Gasteiger partial charge in [0.15, 0.2) is 6.04 Å². The van der Waals surface area contributed by atoms with Crippen LogP contribution in [0.4, 0.5) is 0 Å². The Morgan fingerprint density at radius 2 is 1.92 bits per heavy atom. The van der Waals surface area contributed by atoms with Crippen molar-refractivity contribution in [3.63, 3.8) is 0 Å². The lowest BCUT2D eigenvalue weighted by Gasteiger charge is -2.07. The van der Waals surface area contributed by atoms with E-state index in [0.29, 0.717) is 16.5 Å². The Morgan fingerprint density at radius 1 is 1.08 bits per heavy atom. The zero-order valence-electron chi connectivity index (χ0n) is 13.1. The summed E-state index contributed by atoms with van der Waals surface area (Å²) in [6.45, 7) is 0. The number of aliphatic carboxylic acids is 1. The fourth-order valence-corrected chi connectivity index (χ4v) is 3.55. The van der Waals surface area contributed by atoms with Crippen LogP contribution in [-0.4, -0.2) is 32.9 Å². The van der Waals surface area contributed by atoms with Gasteiger partial charge in [0.1, 0.15) is 16.5 Å². The van der Waals surface area contributed by atoms with Gasteiger partial charge >= 0.3 is 5.97 Å². The average molecular weight is 350 g/mol. The van der Waals surface area contributed by atoms with Gasteiger partial charge in [0, 0.05) is 11.1 Å². The summed E-state index contributed by atoms with van der Waals surface area (Å²) in [5.74, 6) is 1.08. The van der Waals surface area contributed by atoms with Crippen LogP contribution in [0.1, 0.15) is 5.69 Å². The number of carboxylic acid groups (broad SMARTS) is 1. The number of carbonyl (C=O) groups is 1. The Labute approximate surface area is 148 Å². The Bertz CT molecular complexity index is 973. The molecule has 1 aromatic heterocycles. The zero-order valence-corrected chi connectivity index (χ0v) is 13.9. The van der Waals surface area contributed by atoms with Gasteiger partial charge < -0.3 is 9.84 Å². The molecule has 2 heterocycles. The molecule has 1 aliphatic rings. The van der Waals surface area contributed by atoms with Gasteiger partial charge in [-0.05, 0) is 36.4 Å². The summed E-state index contributed by atoms with van der Waals surface area (Å²) in [6, 6.07) is 18.4. The summed E-state index contributed by atoms with van der Waals surface area (Å²) in [5, 5.41) is 10.7. The van der Waals surface area contributed by atoms with Gasteiger partial charge in [-0.2, -0.15) is 0 Å². The second-order valence-electron chi connectivity index (χ2n) is 5.57. The van der Waals surface area contributed by atoms with E-state index >= 15 is 0 Å². The minimum atomic E-state index is -0.897. The Balaban J connectivity index is 1.61. The van der Waals surface area contributed by atoms with E-state index in [1.165, 1.54) is 11.8 Å². The van der Waals surface area contributed by atoms with E-state index in [1.807, 2.05) is 60.7 Å². The SMILES string of the molecule is O=C(O)[C@H]1CSC(c2ccc3cc(Oc4ccccc4)ccc3n2)=N1.